The Kier molecular flexibility index (Phi) is 7.26. The van der Waals surface area contributed by atoms with Crippen molar-refractivity contribution in [2.45, 2.75) is 59.5 Å². The number of carbonyl (C=O) groups excluding carboxylic acids is 1. The first-order chi connectivity index (χ1) is 16.3. The lowest BCUT2D eigenvalue weighted by atomic mass is 10.0. The minimum atomic E-state index is 0.0401. The lowest BCUT2D eigenvalue weighted by Crippen LogP contribution is -2.44. The van der Waals surface area contributed by atoms with Crippen LogP contribution in [0.4, 0.5) is 0 Å². The fourth-order valence-corrected chi connectivity index (χ4v) is 4.63. The van der Waals surface area contributed by atoms with Gasteiger partial charge in [0.15, 0.2) is 0 Å². The van der Waals surface area contributed by atoms with Gasteiger partial charge in [-0.25, -0.2) is 14.6 Å². The number of piperidine rings is 1. The van der Waals surface area contributed by atoms with Crippen LogP contribution in [0, 0.1) is 27.7 Å². The lowest BCUT2D eigenvalue weighted by molar-refractivity contribution is -0.121. The third kappa shape index (κ3) is 5.62. The first-order valence-electron chi connectivity index (χ1n) is 11.8. The van der Waals surface area contributed by atoms with Gasteiger partial charge in [0.05, 0.1) is 19.2 Å². The maximum Gasteiger partial charge on any atom is 0.251 e. The largest absolute Gasteiger partial charge is 0.497 e. The van der Waals surface area contributed by atoms with Crippen LogP contribution in [-0.4, -0.2) is 56.8 Å². The van der Waals surface area contributed by atoms with Crippen LogP contribution < -0.4 is 10.1 Å². The highest BCUT2D eigenvalue weighted by molar-refractivity contribution is 5.79. The number of methoxy groups -OCH3 is 1. The molecule has 0 radical (unpaired) electrons. The number of carbonyl (C=O) groups is 1. The highest BCUT2D eigenvalue weighted by Gasteiger charge is 2.23. The fraction of sp³-hybridized carbons (Fsp3) is 0.462. The number of nitrogens with zero attached hydrogens (tertiary/aromatic N) is 5. The highest BCUT2D eigenvalue weighted by atomic mass is 16.5. The van der Waals surface area contributed by atoms with Gasteiger partial charge in [-0.05, 0) is 64.3 Å². The average Bonchev–Trinajstić information content (AvgIpc) is 3.08. The van der Waals surface area contributed by atoms with Gasteiger partial charge < -0.3 is 10.1 Å². The number of likely N-dealkylation sites (tertiary alicyclic amines) is 1. The summed E-state index contributed by atoms with van der Waals surface area (Å²) in [5.41, 5.74) is 5.72. The highest BCUT2D eigenvalue weighted by Crippen LogP contribution is 2.19. The standard InChI is InChI=1S/C26H34N6O2/c1-17-13-18(2)28-26(27-17)32-20(4)24(19(3)30-32)15-25(33)29-22-9-11-31(12-10-22)16-21-7-6-8-23(14-21)34-5/h6-8,13-14,22H,9-12,15-16H2,1-5H3,(H,29,33). The van der Waals surface area contributed by atoms with Gasteiger partial charge in [0.1, 0.15) is 5.75 Å². The summed E-state index contributed by atoms with van der Waals surface area (Å²) in [6, 6.07) is 10.3. The van der Waals surface area contributed by atoms with Crippen molar-refractivity contribution in [1.82, 2.24) is 30.0 Å². The van der Waals surface area contributed by atoms with E-state index in [0.717, 1.165) is 66.6 Å². The third-order valence-corrected chi connectivity index (χ3v) is 6.43. The Morgan fingerprint density at radius 2 is 1.79 bits per heavy atom. The molecular weight excluding hydrogens is 428 g/mol. The summed E-state index contributed by atoms with van der Waals surface area (Å²) in [5.74, 6) is 1.48. The van der Waals surface area contributed by atoms with E-state index in [1.807, 2.05) is 45.9 Å². The molecule has 180 valence electrons. The molecule has 34 heavy (non-hydrogen) atoms. The van der Waals surface area contributed by atoms with Gasteiger partial charge >= 0.3 is 0 Å². The zero-order valence-electron chi connectivity index (χ0n) is 20.8. The van der Waals surface area contributed by atoms with Crippen molar-refractivity contribution in [2.75, 3.05) is 20.2 Å². The Balaban J connectivity index is 1.32. The maximum atomic E-state index is 12.9. The number of nitrogens with one attached hydrogen (secondary N) is 1. The second kappa shape index (κ2) is 10.3. The van der Waals surface area contributed by atoms with Crippen molar-refractivity contribution < 1.29 is 9.53 Å². The summed E-state index contributed by atoms with van der Waals surface area (Å²) in [6.45, 7) is 10.6. The minimum absolute atomic E-state index is 0.0401. The average molecular weight is 463 g/mol. The van der Waals surface area contributed by atoms with Gasteiger partial charge in [0.2, 0.25) is 5.91 Å². The molecule has 0 unspecified atom stereocenters. The number of aryl methyl sites for hydroxylation is 3. The predicted molar refractivity (Wildman–Crippen MR) is 131 cm³/mol. The van der Waals surface area contributed by atoms with E-state index < -0.39 is 0 Å². The van der Waals surface area contributed by atoms with Gasteiger partial charge in [-0.1, -0.05) is 12.1 Å². The van der Waals surface area contributed by atoms with Crippen LogP contribution in [0.25, 0.3) is 5.95 Å². The number of rotatable bonds is 7. The first kappa shape index (κ1) is 23.9. The van der Waals surface area contributed by atoms with E-state index in [1.165, 1.54) is 5.56 Å². The normalized spacial score (nSPS) is 14.9. The molecule has 1 aliphatic heterocycles. The molecule has 1 fully saturated rings. The van der Waals surface area contributed by atoms with Crippen LogP contribution in [0.5, 0.6) is 5.75 Å². The molecule has 0 spiro atoms. The summed E-state index contributed by atoms with van der Waals surface area (Å²) in [7, 11) is 1.69. The van der Waals surface area contributed by atoms with Gasteiger partial charge in [-0.15, -0.1) is 0 Å². The zero-order chi connectivity index (χ0) is 24.2. The summed E-state index contributed by atoms with van der Waals surface area (Å²) in [5, 5.41) is 7.86. The van der Waals surface area contributed by atoms with Crippen LogP contribution in [0.1, 0.15) is 46.7 Å². The van der Waals surface area contributed by atoms with Crippen molar-refractivity contribution in [2.24, 2.45) is 0 Å². The summed E-state index contributed by atoms with van der Waals surface area (Å²) < 4.78 is 7.07. The predicted octanol–water partition coefficient (Wildman–Crippen LogP) is 3.23. The Morgan fingerprint density at radius 1 is 1.09 bits per heavy atom. The van der Waals surface area contributed by atoms with Crippen molar-refractivity contribution in [3.8, 4) is 11.7 Å². The summed E-state index contributed by atoms with van der Waals surface area (Å²) >= 11 is 0. The number of hydrogen-bond acceptors (Lipinski definition) is 6. The van der Waals surface area contributed by atoms with Gasteiger partial charge in [-0.2, -0.15) is 5.10 Å². The van der Waals surface area contributed by atoms with Crippen molar-refractivity contribution in [1.29, 1.82) is 0 Å². The SMILES string of the molecule is COc1cccc(CN2CCC(NC(=O)Cc3c(C)nn(-c4nc(C)cc(C)n4)c3C)CC2)c1. The molecule has 0 bridgehead atoms. The van der Waals surface area contributed by atoms with E-state index in [2.05, 4.69) is 37.4 Å². The first-order valence-corrected chi connectivity index (χ1v) is 11.8. The number of aromatic nitrogens is 4. The molecule has 8 nitrogen and oxygen atoms in total. The van der Waals surface area contributed by atoms with Gasteiger partial charge in [-0.3, -0.25) is 9.69 Å². The third-order valence-electron chi connectivity index (χ3n) is 6.43. The van der Waals surface area contributed by atoms with E-state index in [1.54, 1.807) is 11.8 Å². The van der Waals surface area contributed by atoms with Gasteiger partial charge in [0, 0.05) is 48.3 Å². The monoisotopic (exact) mass is 462 g/mol. The second-order valence-electron chi connectivity index (χ2n) is 9.16. The van der Waals surface area contributed by atoms with Gasteiger partial charge in [0.25, 0.3) is 5.95 Å². The van der Waals surface area contributed by atoms with Crippen LogP contribution in [0.2, 0.25) is 0 Å². The van der Waals surface area contributed by atoms with E-state index >= 15 is 0 Å². The van der Waals surface area contributed by atoms with E-state index in [4.69, 9.17) is 4.74 Å². The van der Waals surface area contributed by atoms with Crippen LogP contribution in [-0.2, 0) is 17.8 Å². The second-order valence-corrected chi connectivity index (χ2v) is 9.16. The topological polar surface area (TPSA) is 85.2 Å². The number of benzene rings is 1. The molecule has 2 aromatic heterocycles. The van der Waals surface area contributed by atoms with Crippen LogP contribution in [0.3, 0.4) is 0 Å². The number of ether oxygens (including phenoxy) is 1. The van der Waals surface area contributed by atoms with E-state index in [0.29, 0.717) is 12.4 Å². The molecule has 1 amide bonds. The van der Waals surface area contributed by atoms with Crippen molar-refractivity contribution in [3.05, 3.63) is 64.2 Å². The summed E-state index contributed by atoms with van der Waals surface area (Å²) in [4.78, 5) is 24.3. The molecule has 1 aromatic carbocycles. The Morgan fingerprint density at radius 3 is 2.47 bits per heavy atom. The molecule has 0 saturated carbocycles. The number of hydrogen-bond donors (Lipinski definition) is 1. The Hall–Kier alpha value is -3.26. The quantitative estimate of drug-likeness (QED) is 0.580. The number of amides is 1. The van der Waals surface area contributed by atoms with E-state index in [9.17, 15) is 4.79 Å². The molecule has 3 aromatic rings. The molecule has 0 aliphatic carbocycles. The maximum absolute atomic E-state index is 12.9. The van der Waals surface area contributed by atoms with E-state index in [-0.39, 0.29) is 11.9 Å². The lowest BCUT2D eigenvalue weighted by Gasteiger charge is -2.32. The zero-order valence-corrected chi connectivity index (χ0v) is 20.8. The van der Waals surface area contributed by atoms with Crippen LogP contribution in [0.15, 0.2) is 30.3 Å². The molecule has 0 atom stereocenters. The van der Waals surface area contributed by atoms with Crippen LogP contribution >= 0.6 is 0 Å². The fourth-order valence-electron chi connectivity index (χ4n) is 4.63. The molecule has 3 heterocycles. The van der Waals surface area contributed by atoms with Crippen molar-refractivity contribution >= 4 is 5.91 Å². The smallest absolute Gasteiger partial charge is 0.251 e. The minimum Gasteiger partial charge on any atom is -0.497 e. The Labute approximate surface area is 201 Å². The molecule has 4 rings (SSSR count). The Bertz CT molecular complexity index is 1140. The summed E-state index contributed by atoms with van der Waals surface area (Å²) in [6.07, 6.45) is 2.21. The molecule has 1 aliphatic rings. The van der Waals surface area contributed by atoms with Crippen molar-refractivity contribution in [3.63, 3.8) is 0 Å². The molecular formula is C26H34N6O2. The molecule has 1 N–H and O–H groups in total. The molecule has 1 saturated heterocycles. The molecule has 8 heteroatoms.